The lowest BCUT2D eigenvalue weighted by Gasteiger charge is -2.25. The van der Waals surface area contributed by atoms with E-state index in [2.05, 4.69) is 24.1 Å². The molecule has 1 aliphatic rings. The molecule has 0 fully saturated rings. The predicted octanol–water partition coefficient (Wildman–Crippen LogP) is 0.629. The summed E-state index contributed by atoms with van der Waals surface area (Å²) in [7, 11) is 2.11. The topological polar surface area (TPSA) is 66.6 Å². The number of hydrogen-bond acceptors (Lipinski definition) is 3. The highest BCUT2D eigenvalue weighted by Crippen LogP contribution is 2.19. The molecule has 0 aliphatic carbocycles. The van der Waals surface area contributed by atoms with Crippen LogP contribution < -0.4 is 5.73 Å². The Morgan fingerprint density at radius 3 is 3.00 bits per heavy atom. The van der Waals surface area contributed by atoms with Crippen LogP contribution in [0.4, 0.5) is 0 Å². The smallest absolute Gasteiger partial charge is 0.320 e. The molecule has 0 radical (unpaired) electrons. The number of carboxylic acid groups (broad SMARTS) is 1. The van der Waals surface area contributed by atoms with Gasteiger partial charge in [0.25, 0.3) is 0 Å². The Bertz CT molecular complexity index is 431. The van der Waals surface area contributed by atoms with Gasteiger partial charge >= 0.3 is 5.97 Å². The molecule has 1 heterocycles. The van der Waals surface area contributed by atoms with Gasteiger partial charge in [0.15, 0.2) is 0 Å². The lowest BCUT2D eigenvalue weighted by atomic mass is 9.95. The zero-order valence-electron chi connectivity index (χ0n) is 10.0. The van der Waals surface area contributed by atoms with Gasteiger partial charge in [0, 0.05) is 13.1 Å². The lowest BCUT2D eigenvalue weighted by molar-refractivity contribution is -0.138. The molecule has 2 rings (SSSR count). The van der Waals surface area contributed by atoms with Gasteiger partial charge in [-0.15, -0.1) is 0 Å². The van der Waals surface area contributed by atoms with E-state index in [9.17, 15) is 4.79 Å². The average Bonchev–Trinajstić information content (AvgIpc) is 2.29. The molecule has 3 N–H and O–H groups in total. The number of nitrogens with two attached hydrogens (primary N) is 1. The van der Waals surface area contributed by atoms with E-state index in [4.69, 9.17) is 10.8 Å². The summed E-state index contributed by atoms with van der Waals surface area (Å²) < 4.78 is 0. The van der Waals surface area contributed by atoms with Crippen LogP contribution in [0.3, 0.4) is 0 Å². The second kappa shape index (κ2) is 4.85. The van der Waals surface area contributed by atoms with Gasteiger partial charge in [-0.05, 0) is 36.6 Å². The molecule has 1 aliphatic heterocycles. The van der Waals surface area contributed by atoms with Crippen molar-refractivity contribution in [3.05, 3.63) is 34.9 Å². The molecular weight excluding hydrogens is 216 g/mol. The first-order chi connectivity index (χ1) is 8.06. The molecule has 0 amide bonds. The predicted molar refractivity (Wildman–Crippen MR) is 65.8 cm³/mol. The zero-order valence-corrected chi connectivity index (χ0v) is 10.0. The van der Waals surface area contributed by atoms with Gasteiger partial charge < -0.3 is 15.7 Å². The second-order valence-corrected chi connectivity index (χ2v) is 4.74. The Morgan fingerprint density at radius 1 is 1.53 bits per heavy atom. The minimum atomic E-state index is -0.942. The van der Waals surface area contributed by atoms with Gasteiger partial charge in [0.2, 0.25) is 0 Å². The van der Waals surface area contributed by atoms with Gasteiger partial charge in [-0.25, -0.2) is 0 Å². The van der Waals surface area contributed by atoms with Gasteiger partial charge in [-0.1, -0.05) is 18.2 Å². The summed E-state index contributed by atoms with van der Waals surface area (Å²) in [5.41, 5.74) is 9.23. The highest BCUT2D eigenvalue weighted by atomic mass is 16.4. The molecular formula is C13H18N2O2. The summed E-state index contributed by atoms with van der Waals surface area (Å²) in [4.78, 5) is 13.0. The summed E-state index contributed by atoms with van der Waals surface area (Å²) in [5, 5.41) is 8.78. The number of likely N-dealkylation sites (N-methyl/N-ethyl adjacent to an activating group) is 1. The number of carbonyl (C=O) groups is 1. The highest BCUT2D eigenvalue weighted by Gasteiger charge is 2.16. The van der Waals surface area contributed by atoms with Crippen molar-refractivity contribution < 1.29 is 9.90 Å². The van der Waals surface area contributed by atoms with Crippen molar-refractivity contribution in [1.82, 2.24) is 4.90 Å². The van der Waals surface area contributed by atoms with Crippen molar-refractivity contribution >= 4 is 5.97 Å². The highest BCUT2D eigenvalue weighted by molar-refractivity contribution is 5.73. The number of aliphatic carboxylic acids is 1. The fourth-order valence-corrected chi connectivity index (χ4v) is 2.22. The minimum absolute atomic E-state index is 0.401. The van der Waals surface area contributed by atoms with Crippen LogP contribution in [0.5, 0.6) is 0 Å². The number of nitrogens with zero attached hydrogens (tertiary/aromatic N) is 1. The average molecular weight is 234 g/mol. The van der Waals surface area contributed by atoms with E-state index >= 15 is 0 Å². The molecule has 1 aromatic carbocycles. The van der Waals surface area contributed by atoms with Crippen molar-refractivity contribution in [2.45, 2.75) is 25.4 Å². The largest absolute Gasteiger partial charge is 0.480 e. The molecule has 4 nitrogen and oxygen atoms in total. The summed E-state index contributed by atoms with van der Waals surface area (Å²) in [6.07, 6.45) is 1.43. The molecule has 4 heteroatoms. The van der Waals surface area contributed by atoms with E-state index in [1.54, 1.807) is 0 Å². The van der Waals surface area contributed by atoms with Crippen molar-refractivity contribution in [1.29, 1.82) is 0 Å². The molecule has 0 saturated carbocycles. The van der Waals surface area contributed by atoms with Crippen molar-refractivity contribution in [2.75, 3.05) is 13.6 Å². The number of benzene rings is 1. The second-order valence-electron chi connectivity index (χ2n) is 4.74. The number of hydrogen-bond donors (Lipinski definition) is 2. The maximum atomic E-state index is 10.7. The van der Waals surface area contributed by atoms with E-state index in [1.807, 2.05) is 6.07 Å². The molecule has 1 atom stereocenters. The summed E-state index contributed by atoms with van der Waals surface area (Å²) >= 11 is 0. The van der Waals surface area contributed by atoms with E-state index in [0.29, 0.717) is 6.42 Å². The number of rotatable bonds is 3. The third-order valence-electron chi connectivity index (χ3n) is 3.25. The Hall–Kier alpha value is -1.39. The first kappa shape index (κ1) is 12.1. The molecule has 92 valence electrons. The maximum Gasteiger partial charge on any atom is 0.320 e. The summed E-state index contributed by atoms with van der Waals surface area (Å²) in [6.45, 7) is 2.03. The van der Waals surface area contributed by atoms with Gasteiger partial charge in [-0.2, -0.15) is 0 Å². The Morgan fingerprint density at radius 2 is 2.29 bits per heavy atom. The quantitative estimate of drug-likeness (QED) is 0.805. The van der Waals surface area contributed by atoms with E-state index in [1.165, 1.54) is 11.1 Å². The Kier molecular flexibility index (Phi) is 3.45. The van der Waals surface area contributed by atoms with Crippen LogP contribution in [0, 0.1) is 0 Å². The lowest BCUT2D eigenvalue weighted by Crippen LogP contribution is -2.32. The zero-order chi connectivity index (χ0) is 12.4. The monoisotopic (exact) mass is 234 g/mol. The van der Waals surface area contributed by atoms with Crippen LogP contribution in [0.2, 0.25) is 0 Å². The SMILES string of the molecule is CN1CCc2cc(CC(N)C(=O)O)ccc2C1. The summed E-state index contributed by atoms with van der Waals surface area (Å²) in [5.74, 6) is -0.942. The van der Waals surface area contributed by atoms with E-state index < -0.39 is 12.0 Å². The van der Waals surface area contributed by atoms with Crippen molar-refractivity contribution in [3.63, 3.8) is 0 Å². The number of fused-ring (bicyclic) bond motifs is 1. The number of carboxylic acids is 1. The molecule has 1 unspecified atom stereocenters. The minimum Gasteiger partial charge on any atom is -0.480 e. The Balaban J connectivity index is 2.14. The third-order valence-corrected chi connectivity index (χ3v) is 3.25. The van der Waals surface area contributed by atoms with E-state index in [0.717, 1.165) is 25.1 Å². The standard InChI is InChI=1S/C13H18N2O2/c1-15-5-4-10-6-9(2-3-11(10)8-15)7-12(14)13(16)17/h2-3,6,12H,4-5,7-8,14H2,1H3,(H,16,17). The van der Waals surface area contributed by atoms with Crippen molar-refractivity contribution in [2.24, 2.45) is 5.73 Å². The van der Waals surface area contributed by atoms with Crippen LogP contribution in [0.1, 0.15) is 16.7 Å². The summed E-state index contributed by atoms with van der Waals surface area (Å²) in [6, 6.07) is 5.38. The first-order valence-corrected chi connectivity index (χ1v) is 5.84. The van der Waals surface area contributed by atoms with Crippen LogP contribution in [0.25, 0.3) is 0 Å². The molecule has 0 spiro atoms. The van der Waals surface area contributed by atoms with Crippen LogP contribution >= 0.6 is 0 Å². The van der Waals surface area contributed by atoms with Gasteiger partial charge in [-0.3, -0.25) is 4.79 Å². The van der Waals surface area contributed by atoms with Crippen molar-refractivity contribution in [3.8, 4) is 0 Å². The fraction of sp³-hybridized carbons (Fsp3) is 0.462. The van der Waals surface area contributed by atoms with Crippen LogP contribution in [-0.2, 0) is 24.2 Å². The molecule has 1 aromatic rings. The van der Waals surface area contributed by atoms with Crippen LogP contribution in [-0.4, -0.2) is 35.6 Å². The maximum absolute atomic E-state index is 10.7. The Labute approximate surface area is 101 Å². The molecule has 17 heavy (non-hydrogen) atoms. The fourth-order valence-electron chi connectivity index (χ4n) is 2.22. The normalized spacial score (nSPS) is 17.5. The molecule has 0 bridgehead atoms. The van der Waals surface area contributed by atoms with Gasteiger partial charge in [0.05, 0.1) is 0 Å². The first-order valence-electron chi connectivity index (χ1n) is 5.84. The third kappa shape index (κ3) is 2.84. The molecule has 0 saturated heterocycles. The molecule has 0 aromatic heterocycles. The van der Waals surface area contributed by atoms with Gasteiger partial charge in [0.1, 0.15) is 6.04 Å². The van der Waals surface area contributed by atoms with Crippen LogP contribution in [0.15, 0.2) is 18.2 Å². The van der Waals surface area contributed by atoms with E-state index in [-0.39, 0.29) is 0 Å².